The molecular formula is C24H28N2O4. The summed E-state index contributed by atoms with van der Waals surface area (Å²) in [5.41, 5.74) is 4.46. The largest absolute Gasteiger partial charge is 0.285 e. The molecular weight excluding hydrogens is 380 g/mol. The van der Waals surface area contributed by atoms with Crippen LogP contribution in [0.1, 0.15) is 51.4 Å². The van der Waals surface area contributed by atoms with Gasteiger partial charge in [0.1, 0.15) is 0 Å². The Morgan fingerprint density at radius 1 is 0.600 bits per heavy atom. The molecule has 4 fully saturated rings. The third-order valence-electron chi connectivity index (χ3n) is 8.93. The molecule has 0 bridgehead atoms. The number of hydrogen-bond acceptors (Lipinski definition) is 4. The van der Waals surface area contributed by atoms with Gasteiger partial charge in [-0.15, -0.1) is 0 Å². The van der Waals surface area contributed by atoms with Crippen molar-refractivity contribution in [3.63, 3.8) is 0 Å². The number of likely N-dealkylation sites (tertiary alicyclic amines) is 2. The molecule has 0 aromatic rings. The van der Waals surface area contributed by atoms with Crippen LogP contribution in [0, 0.1) is 35.5 Å². The Labute approximate surface area is 176 Å². The molecule has 0 aromatic carbocycles. The highest BCUT2D eigenvalue weighted by molar-refractivity contribution is 6.10. The molecule has 0 unspecified atom stereocenters. The molecule has 6 rings (SSSR count). The number of rotatable bonds is 0. The molecule has 6 aliphatic rings. The summed E-state index contributed by atoms with van der Waals surface area (Å²) >= 11 is 0. The fourth-order valence-electron chi connectivity index (χ4n) is 7.71. The van der Waals surface area contributed by atoms with E-state index in [1.54, 1.807) is 14.1 Å². The van der Waals surface area contributed by atoms with Crippen LogP contribution >= 0.6 is 0 Å². The van der Waals surface area contributed by atoms with Crippen LogP contribution in [0.3, 0.4) is 0 Å². The third-order valence-corrected chi connectivity index (χ3v) is 8.93. The van der Waals surface area contributed by atoms with Crippen molar-refractivity contribution in [2.75, 3.05) is 14.1 Å². The lowest BCUT2D eigenvalue weighted by molar-refractivity contribution is -0.139. The van der Waals surface area contributed by atoms with Crippen molar-refractivity contribution < 1.29 is 19.2 Å². The van der Waals surface area contributed by atoms with Gasteiger partial charge in [0.2, 0.25) is 23.6 Å². The van der Waals surface area contributed by atoms with Crippen molar-refractivity contribution in [3.8, 4) is 0 Å². The SMILES string of the molecule is CN1C(=O)[C@H]2C3=C4CCCC[C@H]4[C@H]4C(=O)N(C)C(=O)[C@H]4C3=C3CCCC[C@H]3[C@H]2C1=O. The lowest BCUT2D eigenvalue weighted by Gasteiger charge is -2.48. The van der Waals surface area contributed by atoms with E-state index < -0.39 is 11.8 Å². The minimum absolute atomic E-state index is 0.0408. The van der Waals surface area contributed by atoms with Crippen molar-refractivity contribution >= 4 is 23.6 Å². The first-order valence-electron chi connectivity index (χ1n) is 11.5. The summed E-state index contributed by atoms with van der Waals surface area (Å²) in [6.45, 7) is 0. The second-order valence-electron chi connectivity index (χ2n) is 10.1. The summed E-state index contributed by atoms with van der Waals surface area (Å²) < 4.78 is 0. The second-order valence-corrected chi connectivity index (χ2v) is 10.1. The Morgan fingerprint density at radius 3 is 1.40 bits per heavy atom. The summed E-state index contributed by atoms with van der Waals surface area (Å²) in [6.07, 6.45) is 7.74. The topological polar surface area (TPSA) is 74.8 Å². The molecule has 2 heterocycles. The highest BCUT2D eigenvalue weighted by Gasteiger charge is 2.63. The molecule has 30 heavy (non-hydrogen) atoms. The van der Waals surface area contributed by atoms with Gasteiger partial charge in [0, 0.05) is 14.1 Å². The Balaban J connectivity index is 1.66. The molecule has 6 heteroatoms. The fraction of sp³-hybridized carbons (Fsp3) is 0.667. The highest BCUT2D eigenvalue weighted by atomic mass is 16.2. The smallest absolute Gasteiger partial charge is 0.237 e. The fourth-order valence-corrected chi connectivity index (χ4v) is 7.71. The Morgan fingerprint density at radius 2 is 1.00 bits per heavy atom. The van der Waals surface area contributed by atoms with E-state index in [4.69, 9.17) is 0 Å². The van der Waals surface area contributed by atoms with Crippen LogP contribution in [0.4, 0.5) is 0 Å². The van der Waals surface area contributed by atoms with Crippen LogP contribution in [0.5, 0.6) is 0 Å². The van der Waals surface area contributed by atoms with Gasteiger partial charge in [-0.1, -0.05) is 24.0 Å². The standard InChI is InChI=1S/C24H28N2O4/c1-25-21(27)17-13-9-5-3-7-11(13)16-15(19(17)23(25)29)12-8-4-6-10-14(12)18-20(16)24(30)26(2)22(18)28/h13-14,17-20H,3-10H2,1-2H3/t13-,14-,17-,18-,19+,20+/m1/s1. The molecule has 0 radical (unpaired) electrons. The molecule has 2 saturated heterocycles. The van der Waals surface area contributed by atoms with Crippen molar-refractivity contribution in [2.24, 2.45) is 35.5 Å². The van der Waals surface area contributed by atoms with Crippen molar-refractivity contribution in [1.82, 2.24) is 9.80 Å². The van der Waals surface area contributed by atoms with E-state index in [9.17, 15) is 19.2 Å². The Bertz CT molecular complexity index is 898. The van der Waals surface area contributed by atoms with Gasteiger partial charge in [0.25, 0.3) is 0 Å². The van der Waals surface area contributed by atoms with E-state index in [0.717, 1.165) is 62.5 Å². The van der Waals surface area contributed by atoms with E-state index in [2.05, 4.69) is 0 Å². The van der Waals surface area contributed by atoms with Gasteiger partial charge >= 0.3 is 0 Å². The maximum Gasteiger partial charge on any atom is 0.237 e. The van der Waals surface area contributed by atoms with Crippen molar-refractivity contribution in [2.45, 2.75) is 51.4 Å². The second kappa shape index (κ2) is 6.14. The van der Waals surface area contributed by atoms with Crippen LogP contribution in [0.2, 0.25) is 0 Å². The molecule has 4 aliphatic carbocycles. The highest BCUT2D eigenvalue weighted by Crippen LogP contribution is 2.61. The van der Waals surface area contributed by atoms with Crippen LogP contribution < -0.4 is 0 Å². The van der Waals surface area contributed by atoms with Crippen LogP contribution in [0.25, 0.3) is 0 Å². The van der Waals surface area contributed by atoms with Crippen LogP contribution in [0.15, 0.2) is 22.3 Å². The van der Waals surface area contributed by atoms with E-state index in [0.29, 0.717) is 0 Å². The molecule has 0 aromatic heterocycles. The maximum atomic E-state index is 13.3. The minimum atomic E-state index is -0.449. The number of carbonyl (C=O) groups is 4. The number of allylic oxidation sites excluding steroid dienone is 2. The zero-order valence-corrected chi connectivity index (χ0v) is 17.6. The maximum absolute atomic E-state index is 13.3. The average molecular weight is 408 g/mol. The van der Waals surface area contributed by atoms with Crippen LogP contribution in [-0.2, 0) is 19.2 Å². The van der Waals surface area contributed by atoms with Crippen molar-refractivity contribution in [3.05, 3.63) is 22.3 Å². The zero-order valence-electron chi connectivity index (χ0n) is 17.6. The van der Waals surface area contributed by atoms with E-state index >= 15 is 0 Å². The van der Waals surface area contributed by atoms with Gasteiger partial charge in [-0.3, -0.25) is 29.0 Å². The number of hydrogen-bond donors (Lipinski definition) is 0. The monoisotopic (exact) mass is 408 g/mol. The predicted molar refractivity (Wildman–Crippen MR) is 107 cm³/mol. The molecule has 0 spiro atoms. The molecule has 0 N–H and O–H groups in total. The number of fused-ring (bicyclic) bond motifs is 9. The minimum Gasteiger partial charge on any atom is -0.285 e. The summed E-state index contributed by atoms with van der Waals surface area (Å²) in [7, 11) is 3.22. The first-order chi connectivity index (χ1) is 14.4. The van der Waals surface area contributed by atoms with Crippen LogP contribution in [-0.4, -0.2) is 47.5 Å². The number of amides is 4. The zero-order chi connectivity index (χ0) is 20.9. The lowest BCUT2D eigenvalue weighted by atomic mass is 9.53. The predicted octanol–water partition coefficient (Wildman–Crippen LogP) is 2.45. The van der Waals surface area contributed by atoms with Gasteiger partial charge in [0.15, 0.2) is 0 Å². The van der Waals surface area contributed by atoms with Gasteiger partial charge in [0.05, 0.1) is 23.7 Å². The lowest BCUT2D eigenvalue weighted by Crippen LogP contribution is -2.44. The number of nitrogens with zero attached hydrogens (tertiary/aromatic N) is 2. The summed E-state index contributed by atoms with van der Waals surface area (Å²) in [5.74, 6) is -1.77. The first-order valence-corrected chi connectivity index (χ1v) is 11.5. The van der Waals surface area contributed by atoms with Gasteiger partial charge in [-0.2, -0.15) is 0 Å². The molecule has 6 nitrogen and oxygen atoms in total. The molecule has 4 amide bonds. The van der Waals surface area contributed by atoms with Gasteiger partial charge in [-0.05, 0) is 61.5 Å². The number of carbonyl (C=O) groups excluding carboxylic acids is 4. The summed E-state index contributed by atoms with van der Waals surface area (Å²) in [4.78, 5) is 55.7. The quantitative estimate of drug-likeness (QED) is 0.577. The van der Waals surface area contributed by atoms with E-state index in [1.807, 2.05) is 0 Å². The first kappa shape index (κ1) is 18.5. The normalized spacial score (nSPS) is 40.5. The molecule has 2 saturated carbocycles. The molecule has 2 aliphatic heterocycles. The van der Waals surface area contributed by atoms with E-state index in [1.165, 1.54) is 20.9 Å². The summed E-state index contributed by atoms with van der Waals surface area (Å²) in [6, 6.07) is 0. The van der Waals surface area contributed by atoms with Gasteiger partial charge < -0.3 is 0 Å². The Kier molecular flexibility index (Phi) is 3.79. The summed E-state index contributed by atoms with van der Waals surface area (Å²) in [5, 5.41) is 0. The Hall–Kier alpha value is -2.24. The number of imide groups is 2. The van der Waals surface area contributed by atoms with Crippen molar-refractivity contribution in [1.29, 1.82) is 0 Å². The van der Waals surface area contributed by atoms with Gasteiger partial charge in [-0.25, -0.2) is 0 Å². The molecule has 158 valence electrons. The molecule has 6 atom stereocenters. The average Bonchev–Trinajstić information content (AvgIpc) is 3.14. The van der Waals surface area contributed by atoms with E-state index in [-0.39, 0.29) is 47.3 Å². The third kappa shape index (κ3) is 2.05.